The van der Waals surface area contributed by atoms with Crippen molar-refractivity contribution in [3.63, 3.8) is 0 Å². The molecule has 0 bridgehead atoms. The number of hydrogen-bond acceptors (Lipinski definition) is 5. The van der Waals surface area contributed by atoms with Crippen molar-refractivity contribution in [3.05, 3.63) is 23.8 Å². The molecule has 0 aliphatic carbocycles. The van der Waals surface area contributed by atoms with E-state index in [1.54, 1.807) is 0 Å². The molecule has 1 aromatic carbocycles. The molecule has 0 heterocycles. The molecule has 0 aliphatic rings. The van der Waals surface area contributed by atoms with Gasteiger partial charge in [0.25, 0.3) is 5.91 Å². The van der Waals surface area contributed by atoms with E-state index in [1.807, 2.05) is 0 Å². The zero-order chi connectivity index (χ0) is 15.1. The quantitative estimate of drug-likeness (QED) is 0.759. The van der Waals surface area contributed by atoms with Crippen molar-refractivity contribution in [1.29, 1.82) is 0 Å². The monoisotopic (exact) mass is 283 g/mol. The summed E-state index contributed by atoms with van der Waals surface area (Å²) in [6.07, 6.45) is 0. The Labute approximate surface area is 116 Å². The van der Waals surface area contributed by atoms with Crippen molar-refractivity contribution in [2.75, 3.05) is 33.9 Å². The van der Waals surface area contributed by atoms with E-state index in [-0.39, 0.29) is 30.2 Å². The zero-order valence-electron chi connectivity index (χ0n) is 11.3. The van der Waals surface area contributed by atoms with E-state index in [1.165, 1.54) is 32.4 Å². The molecule has 0 radical (unpaired) electrons. The number of methoxy groups -OCH3 is 2. The molecule has 0 aromatic heterocycles. The number of aromatic hydroxyl groups is 1. The highest BCUT2D eigenvalue weighted by Crippen LogP contribution is 2.26. The van der Waals surface area contributed by atoms with Gasteiger partial charge in [0.1, 0.15) is 6.54 Å². The number of hydrogen-bond donors (Lipinski definition) is 2. The normalized spacial score (nSPS) is 10.1. The van der Waals surface area contributed by atoms with Crippen LogP contribution in [0.5, 0.6) is 11.5 Å². The van der Waals surface area contributed by atoms with Crippen LogP contribution in [-0.4, -0.2) is 60.9 Å². The lowest BCUT2D eigenvalue weighted by Gasteiger charge is -2.20. The molecule has 0 atom stereocenters. The number of phenolic OH excluding ortho intramolecular Hbond substituents is 1. The number of nitrogens with zero attached hydrogens (tertiary/aromatic N) is 1. The number of carbonyl (C=O) groups is 2. The van der Waals surface area contributed by atoms with Crippen LogP contribution in [0.2, 0.25) is 0 Å². The van der Waals surface area contributed by atoms with Gasteiger partial charge in [-0.25, -0.2) is 0 Å². The number of amides is 1. The Morgan fingerprint density at radius 1 is 1.30 bits per heavy atom. The summed E-state index contributed by atoms with van der Waals surface area (Å²) in [6, 6.07) is 4.14. The minimum absolute atomic E-state index is 0.147. The topological polar surface area (TPSA) is 96.3 Å². The lowest BCUT2D eigenvalue weighted by Crippen LogP contribution is -2.38. The van der Waals surface area contributed by atoms with Crippen LogP contribution in [0.4, 0.5) is 0 Å². The van der Waals surface area contributed by atoms with Crippen molar-refractivity contribution in [2.45, 2.75) is 0 Å². The zero-order valence-corrected chi connectivity index (χ0v) is 11.3. The molecule has 0 saturated heterocycles. The van der Waals surface area contributed by atoms with Gasteiger partial charge in [-0.05, 0) is 18.2 Å². The molecule has 1 amide bonds. The highest BCUT2D eigenvalue weighted by molar-refractivity contribution is 5.96. The molecule has 2 N–H and O–H groups in total. The van der Waals surface area contributed by atoms with Gasteiger partial charge in [-0.1, -0.05) is 0 Å². The van der Waals surface area contributed by atoms with E-state index < -0.39 is 18.4 Å². The molecular formula is C13H17NO6. The van der Waals surface area contributed by atoms with Gasteiger partial charge >= 0.3 is 5.97 Å². The largest absolute Gasteiger partial charge is 0.504 e. The van der Waals surface area contributed by atoms with Crippen molar-refractivity contribution in [1.82, 2.24) is 4.90 Å². The van der Waals surface area contributed by atoms with Gasteiger partial charge in [0, 0.05) is 19.2 Å². The minimum Gasteiger partial charge on any atom is -0.504 e. The number of carbonyl (C=O) groups excluding carboxylic acids is 1. The van der Waals surface area contributed by atoms with Crippen LogP contribution in [-0.2, 0) is 9.53 Å². The van der Waals surface area contributed by atoms with E-state index in [9.17, 15) is 14.7 Å². The third kappa shape index (κ3) is 4.13. The Morgan fingerprint density at radius 3 is 2.50 bits per heavy atom. The summed E-state index contributed by atoms with van der Waals surface area (Å²) in [5, 5.41) is 18.5. The number of carboxylic acid groups (broad SMARTS) is 1. The highest BCUT2D eigenvalue weighted by Gasteiger charge is 2.19. The summed E-state index contributed by atoms with van der Waals surface area (Å²) in [7, 11) is 2.86. The first-order valence-electron chi connectivity index (χ1n) is 5.86. The molecule has 0 saturated carbocycles. The number of phenols is 1. The van der Waals surface area contributed by atoms with Gasteiger partial charge in [0.2, 0.25) is 0 Å². The lowest BCUT2D eigenvalue weighted by molar-refractivity contribution is -0.137. The maximum Gasteiger partial charge on any atom is 0.323 e. The summed E-state index contributed by atoms with van der Waals surface area (Å²) in [5.74, 6) is -1.56. The van der Waals surface area contributed by atoms with Crippen LogP contribution in [0, 0.1) is 0 Å². The second-order valence-corrected chi connectivity index (χ2v) is 4.00. The SMILES string of the molecule is COCCN(CC(=O)O)C(=O)c1ccc(OC)c(O)c1. The summed E-state index contributed by atoms with van der Waals surface area (Å²) < 4.78 is 9.72. The van der Waals surface area contributed by atoms with Crippen molar-refractivity contribution < 1.29 is 29.3 Å². The Kier molecular flexibility index (Phi) is 5.79. The van der Waals surface area contributed by atoms with Gasteiger partial charge in [-0.2, -0.15) is 0 Å². The summed E-state index contributed by atoms with van der Waals surface area (Å²) in [5.41, 5.74) is 0.181. The standard InChI is InChI=1S/C13H17NO6/c1-19-6-5-14(8-12(16)17)13(18)9-3-4-11(20-2)10(15)7-9/h3-4,7,15H,5-6,8H2,1-2H3,(H,16,17). The van der Waals surface area contributed by atoms with Crippen LogP contribution in [0.15, 0.2) is 18.2 Å². The fourth-order valence-electron chi connectivity index (χ4n) is 1.62. The molecule has 1 aromatic rings. The third-order valence-corrected chi connectivity index (χ3v) is 2.60. The molecule has 7 heteroatoms. The van der Waals surface area contributed by atoms with Gasteiger partial charge < -0.3 is 24.6 Å². The predicted molar refractivity (Wildman–Crippen MR) is 70.1 cm³/mol. The molecule has 0 spiro atoms. The molecule has 1 rings (SSSR count). The van der Waals surface area contributed by atoms with Crippen molar-refractivity contribution >= 4 is 11.9 Å². The van der Waals surface area contributed by atoms with E-state index in [4.69, 9.17) is 14.6 Å². The van der Waals surface area contributed by atoms with E-state index in [0.717, 1.165) is 4.90 Å². The second kappa shape index (κ2) is 7.34. The van der Waals surface area contributed by atoms with Gasteiger partial charge in [-0.15, -0.1) is 0 Å². The molecule has 0 aliphatic heterocycles. The average Bonchev–Trinajstić information content (AvgIpc) is 2.42. The smallest absolute Gasteiger partial charge is 0.323 e. The van der Waals surface area contributed by atoms with E-state index in [2.05, 4.69) is 0 Å². The Balaban J connectivity index is 2.92. The first kappa shape index (κ1) is 15.8. The molecule has 20 heavy (non-hydrogen) atoms. The molecule has 7 nitrogen and oxygen atoms in total. The maximum atomic E-state index is 12.2. The molecule has 0 fully saturated rings. The summed E-state index contributed by atoms with van der Waals surface area (Å²) in [6.45, 7) is -0.0649. The average molecular weight is 283 g/mol. The Morgan fingerprint density at radius 2 is 2.00 bits per heavy atom. The maximum absolute atomic E-state index is 12.2. The minimum atomic E-state index is -1.12. The van der Waals surface area contributed by atoms with Gasteiger partial charge in [0.05, 0.1) is 13.7 Å². The second-order valence-electron chi connectivity index (χ2n) is 4.00. The Bertz CT molecular complexity index is 488. The first-order valence-corrected chi connectivity index (χ1v) is 5.86. The fourth-order valence-corrected chi connectivity index (χ4v) is 1.62. The van der Waals surface area contributed by atoms with Crippen LogP contribution in [0.25, 0.3) is 0 Å². The number of aliphatic carboxylic acids is 1. The van der Waals surface area contributed by atoms with Gasteiger partial charge in [0.15, 0.2) is 11.5 Å². The third-order valence-electron chi connectivity index (χ3n) is 2.60. The molecule has 110 valence electrons. The van der Waals surface area contributed by atoms with Crippen LogP contribution in [0.3, 0.4) is 0 Å². The van der Waals surface area contributed by atoms with Gasteiger partial charge in [-0.3, -0.25) is 9.59 Å². The first-order chi connectivity index (χ1) is 9.49. The van der Waals surface area contributed by atoms with Crippen molar-refractivity contribution in [2.24, 2.45) is 0 Å². The molecule has 0 unspecified atom stereocenters. The highest BCUT2D eigenvalue weighted by atomic mass is 16.5. The molecular weight excluding hydrogens is 266 g/mol. The summed E-state index contributed by atoms with van der Waals surface area (Å²) in [4.78, 5) is 24.1. The van der Waals surface area contributed by atoms with Crippen LogP contribution < -0.4 is 4.74 Å². The lowest BCUT2D eigenvalue weighted by atomic mass is 10.1. The predicted octanol–water partition coefficient (Wildman–Crippen LogP) is 0.574. The van der Waals surface area contributed by atoms with E-state index >= 15 is 0 Å². The Hall–Kier alpha value is -2.28. The number of benzene rings is 1. The summed E-state index contributed by atoms with van der Waals surface area (Å²) >= 11 is 0. The van der Waals surface area contributed by atoms with Crippen molar-refractivity contribution in [3.8, 4) is 11.5 Å². The number of carboxylic acids is 1. The van der Waals surface area contributed by atoms with E-state index in [0.29, 0.717) is 0 Å². The number of ether oxygens (including phenoxy) is 2. The van der Waals surface area contributed by atoms with Crippen LogP contribution >= 0.6 is 0 Å². The fraction of sp³-hybridized carbons (Fsp3) is 0.385. The van der Waals surface area contributed by atoms with Crippen LogP contribution in [0.1, 0.15) is 10.4 Å². The number of rotatable bonds is 7.